The minimum Gasteiger partial charge on any atom is -0.350 e. The van der Waals surface area contributed by atoms with Crippen LogP contribution in [0.2, 0.25) is 0 Å². The lowest BCUT2D eigenvalue weighted by atomic mass is 9.93. The molecule has 0 fully saturated rings. The molecule has 2 aromatic carbocycles. The third-order valence-electron chi connectivity index (χ3n) is 5.60. The number of aromatic nitrogens is 1. The van der Waals surface area contributed by atoms with E-state index in [1.54, 1.807) is 5.38 Å². The molecule has 1 atom stereocenters. The van der Waals surface area contributed by atoms with Crippen molar-refractivity contribution in [3.8, 4) is 0 Å². The van der Waals surface area contributed by atoms with E-state index in [1.807, 2.05) is 49.9 Å². The molecular weight excluding hydrogens is 498 g/mol. The Labute approximate surface area is 215 Å². The lowest BCUT2D eigenvalue weighted by Gasteiger charge is -2.37. The summed E-state index contributed by atoms with van der Waals surface area (Å²) < 4.78 is 27.5. The SMILES string of the molecule is CC(C)(C)NC(=O)C1Cc2ccccc2CN1CC(=O)Nc1ccc(S(=O)(=O)Nc2nccs2)cc1. The van der Waals surface area contributed by atoms with E-state index in [1.165, 1.54) is 41.8 Å². The number of hydrogen-bond acceptors (Lipinski definition) is 7. The minimum atomic E-state index is -3.78. The first-order chi connectivity index (χ1) is 17.0. The average molecular weight is 528 g/mol. The molecule has 0 saturated heterocycles. The van der Waals surface area contributed by atoms with Crippen molar-refractivity contribution >= 4 is 44.0 Å². The summed E-state index contributed by atoms with van der Waals surface area (Å²) in [5, 5.41) is 7.79. The second kappa shape index (κ2) is 10.4. The van der Waals surface area contributed by atoms with Crippen LogP contribution in [0.15, 0.2) is 65.0 Å². The Balaban J connectivity index is 1.44. The van der Waals surface area contributed by atoms with Gasteiger partial charge in [0.25, 0.3) is 10.0 Å². The van der Waals surface area contributed by atoms with Crippen molar-refractivity contribution in [2.45, 2.75) is 50.2 Å². The predicted octanol–water partition coefficient (Wildman–Crippen LogP) is 3.22. The normalized spacial score (nSPS) is 16.1. The molecule has 0 aliphatic carbocycles. The Morgan fingerprint density at radius 2 is 1.78 bits per heavy atom. The number of rotatable bonds is 7. The third-order valence-corrected chi connectivity index (χ3v) is 7.77. The van der Waals surface area contributed by atoms with E-state index in [4.69, 9.17) is 0 Å². The molecule has 0 saturated carbocycles. The Kier molecular flexibility index (Phi) is 7.43. The van der Waals surface area contributed by atoms with Crippen molar-refractivity contribution in [2.24, 2.45) is 0 Å². The molecular formula is C25H29N5O4S2. The predicted molar refractivity (Wildman–Crippen MR) is 140 cm³/mol. The van der Waals surface area contributed by atoms with E-state index < -0.39 is 21.6 Å². The summed E-state index contributed by atoms with van der Waals surface area (Å²) in [6.07, 6.45) is 2.03. The number of sulfonamides is 1. The number of benzene rings is 2. The van der Waals surface area contributed by atoms with Gasteiger partial charge in [0.2, 0.25) is 11.8 Å². The van der Waals surface area contributed by atoms with Crippen molar-refractivity contribution in [3.63, 3.8) is 0 Å². The van der Waals surface area contributed by atoms with Crippen LogP contribution < -0.4 is 15.4 Å². The lowest BCUT2D eigenvalue weighted by Crippen LogP contribution is -2.55. The second-order valence-corrected chi connectivity index (χ2v) is 12.2. The molecule has 9 nitrogen and oxygen atoms in total. The van der Waals surface area contributed by atoms with Crippen molar-refractivity contribution in [1.82, 2.24) is 15.2 Å². The van der Waals surface area contributed by atoms with Gasteiger partial charge < -0.3 is 10.6 Å². The second-order valence-electron chi connectivity index (χ2n) is 9.65. The average Bonchev–Trinajstić information content (AvgIpc) is 3.30. The molecule has 1 aliphatic rings. The zero-order valence-corrected chi connectivity index (χ0v) is 21.9. The highest BCUT2D eigenvalue weighted by Crippen LogP contribution is 2.24. The number of hydrogen-bond donors (Lipinski definition) is 3. The van der Waals surface area contributed by atoms with Gasteiger partial charge in [-0.3, -0.25) is 19.2 Å². The number of amides is 2. The molecule has 0 bridgehead atoms. The summed E-state index contributed by atoms with van der Waals surface area (Å²) in [4.78, 5) is 31.8. The van der Waals surface area contributed by atoms with E-state index in [9.17, 15) is 18.0 Å². The van der Waals surface area contributed by atoms with E-state index >= 15 is 0 Å². The topological polar surface area (TPSA) is 121 Å². The lowest BCUT2D eigenvalue weighted by molar-refractivity contribution is -0.129. The fourth-order valence-corrected chi connectivity index (χ4v) is 5.79. The smallest absolute Gasteiger partial charge is 0.263 e. The highest BCUT2D eigenvalue weighted by Gasteiger charge is 2.34. The van der Waals surface area contributed by atoms with Gasteiger partial charge in [-0.25, -0.2) is 13.4 Å². The fourth-order valence-electron chi connectivity index (χ4n) is 4.00. The quantitative estimate of drug-likeness (QED) is 0.434. The summed E-state index contributed by atoms with van der Waals surface area (Å²) in [5.41, 5.74) is 2.26. The van der Waals surface area contributed by atoms with E-state index in [2.05, 4.69) is 20.3 Å². The molecule has 1 aliphatic heterocycles. The van der Waals surface area contributed by atoms with Gasteiger partial charge in [0, 0.05) is 29.3 Å². The Morgan fingerprint density at radius 1 is 1.08 bits per heavy atom. The summed E-state index contributed by atoms with van der Waals surface area (Å²) in [6, 6.07) is 13.4. The number of carbonyl (C=O) groups excluding carboxylic acids is 2. The van der Waals surface area contributed by atoms with Gasteiger partial charge in [0.05, 0.1) is 17.5 Å². The molecule has 190 valence electrons. The maximum absolute atomic E-state index is 13.1. The summed E-state index contributed by atoms with van der Waals surface area (Å²) >= 11 is 1.18. The zero-order valence-electron chi connectivity index (χ0n) is 20.3. The highest BCUT2D eigenvalue weighted by molar-refractivity contribution is 7.93. The molecule has 0 radical (unpaired) electrons. The van der Waals surface area contributed by atoms with E-state index in [0.717, 1.165) is 11.1 Å². The van der Waals surface area contributed by atoms with Crippen LogP contribution in [0.5, 0.6) is 0 Å². The maximum atomic E-state index is 13.1. The van der Waals surface area contributed by atoms with Crippen molar-refractivity contribution in [3.05, 3.63) is 71.2 Å². The van der Waals surface area contributed by atoms with Crippen LogP contribution in [0.4, 0.5) is 10.8 Å². The van der Waals surface area contributed by atoms with Crippen LogP contribution in [0, 0.1) is 0 Å². The van der Waals surface area contributed by atoms with Gasteiger partial charge in [-0.15, -0.1) is 11.3 Å². The van der Waals surface area contributed by atoms with Gasteiger partial charge >= 0.3 is 0 Å². The molecule has 2 heterocycles. The zero-order chi connectivity index (χ0) is 25.9. The van der Waals surface area contributed by atoms with Crippen LogP contribution in [0.1, 0.15) is 31.9 Å². The molecule has 3 aromatic rings. The molecule has 2 amide bonds. The van der Waals surface area contributed by atoms with Gasteiger partial charge in [-0.1, -0.05) is 24.3 Å². The molecule has 36 heavy (non-hydrogen) atoms. The first-order valence-corrected chi connectivity index (χ1v) is 13.8. The molecule has 1 aromatic heterocycles. The van der Waals surface area contributed by atoms with Crippen LogP contribution in [0.3, 0.4) is 0 Å². The van der Waals surface area contributed by atoms with Crippen LogP contribution in [-0.2, 0) is 32.6 Å². The first-order valence-electron chi connectivity index (χ1n) is 11.5. The molecule has 11 heteroatoms. The van der Waals surface area contributed by atoms with Crippen molar-refractivity contribution < 1.29 is 18.0 Å². The number of nitrogens with one attached hydrogen (secondary N) is 3. The molecule has 4 rings (SSSR count). The Hall–Kier alpha value is -3.28. The number of nitrogens with zero attached hydrogens (tertiary/aromatic N) is 2. The summed E-state index contributed by atoms with van der Waals surface area (Å²) in [6.45, 7) is 6.27. The standard InChI is InChI=1S/C25H29N5O4S2/c1-25(2,3)28-23(32)21-14-17-6-4-5-7-18(17)15-30(21)16-22(31)27-19-8-10-20(11-9-19)36(33,34)29-24-26-12-13-35-24/h4-13,21H,14-16H2,1-3H3,(H,26,29)(H,27,31)(H,28,32). The van der Waals surface area contributed by atoms with E-state index in [-0.39, 0.29) is 28.4 Å². The monoisotopic (exact) mass is 527 g/mol. The Bertz CT molecular complexity index is 1330. The van der Waals surface area contributed by atoms with Crippen LogP contribution in [0.25, 0.3) is 0 Å². The number of fused-ring (bicyclic) bond motifs is 1. The van der Waals surface area contributed by atoms with Crippen LogP contribution in [-0.4, -0.2) is 48.2 Å². The number of carbonyl (C=O) groups is 2. The largest absolute Gasteiger partial charge is 0.350 e. The molecule has 1 unspecified atom stereocenters. The Morgan fingerprint density at radius 3 is 2.42 bits per heavy atom. The van der Waals surface area contributed by atoms with Gasteiger partial charge in [-0.05, 0) is 62.6 Å². The van der Waals surface area contributed by atoms with Crippen molar-refractivity contribution in [1.29, 1.82) is 0 Å². The van der Waals surface area contributed by atoms with E-state index in [0.29, 0.717) is 18.7 Å². The third kappa shape index (κ3) is 6.48. The maximum Gasteiger partial charge on any atom is 0.263 e. The minimum absolute atomic E-state index is 0.0161. The summed E-state index contributed by atoms with van der Waals surface area (Å²) in [7, 11) is -3.78. The fraction of sp³-hybridized carbons (Fsp3) is 0.320. The highest BCUT2D eigenvalue weighted by atomic mass is 32.2. The number of thiazole rings is 1. The van der Waals surface area contributed by atoms with Gasteiger partial charge in [-0.2, -0.15) is 0 Å². The molecule has 0 spiro atoms. The van der Waals surface area contributed by atoms with Crippen molar-refractivity contribution in [2.75, 3.05) is 16.6 Å². The molecule has 3 N–H and O–H groups in total. The summed E-state index contributed by atoms with van der Waals surface area (Å²) in [5.74, 6) is -0.411. The number of anilines is 2. The van der Waals surface area contributed by atoms with Gasteiger partial charge in [0.15, 0.2) is 5.13 Å². The van der Waals surface area contributed by atoms with Gasteiger partial charge in [0.1, 0.15) is 0 Å². The van der Waals surface area contributed by atoms with Crippen LogP contribution >= 0.6 is 11.3 Å². The first kappa shape index (κ1) is 25.8.